The van der Waals surface area contributed by atoms with Gasteiger partial charge in [0.2, 0.25) is 0 Å². The van der Waals surface area contributed by atoms with Crippen LogP contribution < -0.4 is 5.32 Å². The van der Waals surface area contributed by atoms with Gasteiger partial charge in [-0.2, -0.15) is 0 Å². The number of likely N-dealkylation sites (tertiary alicyclic amines) is 1. The van der Waals surface area contributed by atoms with Crippen molar-refractivity contribution in [3.8, 4) is 0 Å². The van der Waals surface area contributed by atoms with E-state index in [-0.39, 0.29) is 19.2 Å². The second-order valence-corrected chi connectivity index (χ2v) is 5.58. The molecule has 0 aromatic carbocycles. The van der Waals surface area contributed by atoms with Crippen molar-refractivity contribution in [2.45, 2.75) is 51.5 Å². The summed E-state index contributed by atoms with van der Waals surface area (Å²) in [6.45, 7) is 5.16. The van der Waals surface area contributed by atoms with Crippen LogP contribution in [0, 0.1) is 5.92 Å². The van der Waals surface area contributed by atoms with E-state index in [1.807, 2.05) is 0 Å². The highest BCUT2D eigenvalue weighted by molar-refractivity contribution is 4.83. The Labute approximate surface area is 115 Å². The summed E-state index contributed by atoms with van der Waals surface area (Å²) in [4.78, 5) is 2.39. The lowest BCUT2D eigenvalue weighted by Gasteiger charge is -2.38. The first-order valence-electron chi connectivity index (χ1n) is 7.50. The maximum atomic E-state index is 12.3. The highest BCUT2D eigenvalue weighted by atomic mass is 19.3. The van der Waals surface area contributed by atoms with Gasteiger partial charge in [-0.15, -0.1) is 0 Å². The summed E-state index contributed by atoms with van der Waals surface area (Å²) in [5, 5.41) is 11.9. The number of alkyl halides is 2. The Hall–Kier alpha value is -0.260. The molecule has 1 rings (SSSR count). The standard InChI is InChI=1S/C14H28F2N2O/c1-2-3-6-18-10-12(5-4-7-19)8-13(11-18)17-9-14(15)16/h12-14,17,19H,2-11H2,1H3. The van der Waals surface area contributed by atoms with Gasteiger partial charge < -0.3 is 15.3 Å². The van der Waals surface area contributed by atoms with Crippen LogP contribution >= 0.6 is 0 Å². The molecule has 19 heavy (non-hydrogen) atoms. The monoisotopic (exact) mass is 278 g/mol. The van der Waals surface area contributed by atoms with Crippen molar-refractivity contribution < 1.29 is 13.9 Å². The molecular weight excluding hydrogens is 250 g/mol. The van der Waals surface area contributed by atoms with Gasteiger partial charge in [-0.05, 0) is 38.1 Å². The van der Waals surface area contributed by atoms with Crippen molar-refractivity contribution in [3.63, 3.8) is 0 Å². The molecule has 3 nitrogen and oxygen atoms in total. The largest absolute Gasteiger partial charge is 0.396 e. The maximum Gasteiger partial charge on any atom is 0.250 e. The number of hydrogen-bond acceptors (Lipinski definition) is 3. The van der Waals surface area contributed by atoms with E-state index in [4.69, 9.17) is 5.11 Å². The number of halogens is 2. The topological polar surface area (TPSA) is 35.5 Å². The fourth-order valence-corrected chi connectivity index (χ4v) is 2.86. The van der Waals surface area contributed by atoms with Crippen molar-refractivity contribution in [1.82, 2.24) is 10.2 Å². The summed E-state index contributed by atoms with van der Waals surface area (Å²) < 4.78 is 24.6. The van der Waals surface area contributed by atoms with Crippen molar-refractivity contribution in [1.29, 1.82) is 0 Å². The van der Waals surface area contributed by atoms with E-state index >= 15 is 0 Å². The summed E-state index contributed by atoms with van der Waals surface area (Å²) in [6, 6.07) is 0.170. The SMILES string of the molecule is CCCCN1CC(CCCO)CC(NCC(F)F)C1. The molecule has 2 unspecified atom stereocenters. The number of aliphatic hydroxyl groups is 1. The van der Waals surface area contributed by atoms with E-state index in [0.29, 0.717) is 5.92 Å². The van der Waals surface area contributed by atoms with Crippen LogP contribution in [-0.2, 0) is 0 Å². The molecule has 0 aromatic heterocycles. The Balaban J connectivity index is 2.40. The third kappa shape index (κ3) is 7.18. The number of rotatable bonds is 9. The van der Waals surface area contributed by atoms with Crippen LogP contribution in [0.4, 0.5) is 8.78 Å². The van der Waals surface area contributed by atoms with Gasteiger partial charge in [0, 0.05) is 25.7 Å². The predicted octanol–water partition coefficient (Wildman–Crippen LogP) is 2.10. The van der Waals surface area contributed by atoms with E-state index in [0.717, 1.165) is 51.7 Å². The summed E-state index contributed by atoms with van der Waals surface area (Å²) >= 11 is 0. The second kappa shape index (κ2) is 9.61. The molecule has 5 heteroatoms. The van der Waals surface area contributed by atoms with Gasteiger partial charge in [0.25, 0.3) is 6.43 Å². The molecule has 0 aromatic rings. The second-order valence-electron chi connectivity index (χ2n) is 5.58. The smallest absolute Gasteiger partial charge is 0.250 e. The molecule has 1 aliphatic rings. The number of nitrogens with one attached hydrogen (secondary N) is 1. The lowest BCUT2D eigenvalue weighted by Crippen LogP contribution is -2.50. The van der Waals surface area contributed by atoms with Crippen molar-refractivity contribution >= 4 is 0 Å². The summed E-state index contributed by atoms with van der Waals surface area (Å²) in [7, 11) is 0. The van der Waals surface area contributed by atoms with E-state index in [1.165, 1.54) is 0 Å². The van der Waals surface area contributed by atoms with Gasteiger partial charge in [-0.3, -0.25) is 0 Å². The zero-order valence-electron chi connectivity index (χ0n) is 12.0. The molecule has 1 fully saturated rings. The third-order valence-electron chi connectivity index (χ3n) is 3.77. The zero-order valence-corrected chi connectivity index (χ0v) is 12.0. The number of nitrogens with zero attached hydrogens (tertiary/aromatic N) is 1. The number of aliphatic hydroxyl groups excluding tert-OH is 1. The normalized spacial score (nSPS) is 25.1. The van der Waals surface area contributed by atoms with Gasteiger partial charge in [0.05, 0.1) is 6.54 Å². The van der Waals surface area contributed by atoms with Crippen LogP contribution in [0.3, 0.4) is 0 Å². The Kier molecular flexibility index (Phi) is 8.50. The van der Waals surface area contributed by atoms with Crippen LogP contribution in [0.2, 0.25) is 0 Å². The van der Waals surface area contributed by atoms with Crippen LogP contribution in [0.15, 0.2) is 0 Å². The molecule has 1 aliphatic heterocycles. The predicted molar refractivity (Wildman–Crippen MR) is 73.6 cm³/mol. The van der Waals surface area contributed by atoms with Gasteiger partial charge in [-0.1, -0.05) is 13.3 Å². The van der Waals surface area contributed by atoms with Crippen LogP contribution in [0.1, 0.15) is 39.0 Å². The first-order valence-corrected chi connectivity index (χ1v) is 7.50. The third-order valence-corrected chi connectivity index (χ3v) is 3.77. The Bertz CT molecular complexity index is 213. The van der Waals surface area contributed by atoms with Gasteiger partial charge in [0.1, 0.15) is 0 Å². The summed E-state index contributed by atoms with van der Waals surface area (Å²) in [5.41, 5.74) is 0. The van der Waals surface area contributed by atoms with Gasteiger partial charge in [-0.25, -0.2) is 8.78 Å². The van der Waals surface area contributed by atoms with Gasteiger partial charge >= 0.3 is 0 Å². The summed E-state index contributed by atoms with van der Waals surface area (Å²) in [5.74, 6) is 0.521. The zero-order chi connectivity index (χ0) is 14.1. The molecule has 1 heterocycles. The minimum Gasteiger partial charge on any atom is -0.396 e. The Morgan fingerprint density at radius 3 is 2.74 bits per heavy atom. The molecule has 0 saturated carbocycles. The molecule has 0 aliphatic carbocycles. The molecule has 0 radical (unpaired) electrons. The Morgan fingerprint density at radius 1 is 1.32 bits per heavy atom. The maximum absolute atomic E-state index is 12.3. The fourth-order valence-electron chi connectivity index (χ4n) is 2.86. The lowest BCUT2D eigenvalue weighted by molar-refractivity contribution is 0.103. The highest BCUT2D eigenvalue weighted by Crippen LogP contribution is 2.21. The minimum atomic E-state index is -2.28. The van der Waals surface area contributed by atoms with Crippen molar-refractivity contribution in [3.05, 3.63) is 0 Å². The van der Waals surface area contributed by atoms with Crippen LogP contribution in [0.25, 0.3) is 0 Å². The molecule has 1 saturated heterocycles. The van der Waals surface area contributed by atoms with Gasteiger partial charge in [0.15, 0.2) is 0 Å². The average molecular weight is 278 g/mol. The molecule has 0 spiro atoms. The molecular formula is C14H28F2N2O. The first kappa shape index (κ1) is 16.8. The van der Waals surface area contributed by atoms with E-state index in [1.54, 1.807) is 0 Å². The van der Waals surface area contributed by atoms with E-state index in [2.05, 4.69) is 17.1 Å². The van der Waals surface area contributed by atoms with E-state index in [9.17, 15) is 8.78 Å². The van der Waals surface area contributed by atoms with Crippen molar-refractivity contribution in [2.24, 2.45) is 5.92 Å². The lowest BCUT2D eigenvalue weighted by atomic mass is 9.90. The fraction of sp³-hybridized carbons (Fsp3) is 1.00. The molecule has 0 bridgehead atoms. The van der Waals surface area contributed by atoms with E-state index < -0.39 is 6.43 Å². The Morgan fingerprint density at radius 2 is 2.11 bits per heavy atom. The highest BCUT2D eigenvalue weighted by Gasteiger charge is 2.26. The van der Waals surface area contributed by atoms with Crippen LogP contribution in [-0.4, -0.2) is 55.3 Å². The molecule has 114 valence electrons. The van der Waals surface area contributed by atoms with Crippen molar-refractivity contribution in [2.75, 3.05) is 32.8 Å². The molecule has 2 N–H and O–H groups in total. The number of hydrogen-bond donors (Lipinski definition) is 2. The van der Waals surface area contributed by atoms with Crippen LogP contribution in [0.5, 0.6) is 0 Å². The first-order chi connectivity index (χ1) is 9.15. The minimum absolute atomic E-state index is 0.170. The molecule has 2 atom stereocenters. The number of unbranched alkanes of at least 4 members (excludes halogenated alkanes) is 1. The molecule has 0 amide bonds. The quantitative estimate of drug-likeness (QED) is 0.678. The summed E-state index contributed by atoms with van der Waals surface area (Å²) in [6.07, 6.45) is 2.80. The number of piperidine rings is 1. The average Bonchev–Trinajstić information content (AvgIpc) is 2.40.